The van der Waals surface area contributed by atoms with Crippen LogP contribution in [0.1, 0.15) is 25.4 Å². The van der Waals surface area contributed by atoms with Gasteiger partial charge in [0.1, 0.15) is 16.4 Å². The van der Waals surface area contributed by atoms with Gasteiger partial charge in [0.25, 0.3) is 10.0 Å². The number of nitrogens with zero attached hydrogens (tertiary/aromatic N) is 1. The topological polar surface area (TPSA) is 83.8 Å². The van der Waals surface area contributed by atoms with Crippen molar-refractivity contribution < 1.29 is 17.6 Å². The summed E-state index contributed by atoms with van der Waals surface area (Å²) < 4.78 is 35.5. The molecule has 120 valence electrons. The average Bonchev–Trinajstić information content (AvgIpc) is 2.79. The molecule has 1 aliphatic rings. The zero-order valence-corrected chi connectivity index (χ0v) is 13.5. The molecule has 0 bridgehead atoms. The third-order valence-electron chi connectivity index (χ3n) is 3.16. The standard InChI is InChI=1S/C13H23N3O4S/c1-10(2)14-9-12-8-13(11(3)20-12)21(17,18)15-16-4-6-19-7-5-16/h8,10,14-15H,4-7,9H2,1-3H3. The average molecular weight is 317 g/mol. The number of hydrogen-bond acceptors (Lipinski definition) is 6. The van der Waals surface area contributed by atoms with Crippen molar-refractivity contribution in [2.24, 2.45) is 0 Å². The minimum atomic E-state index is -3.61. The van der Waals surface area contributed by atoms with Gasteiger partial charge in [-0.05, 0) is 6.92 Å². The van der Waals surface area contributed by atoms with Crippen LogP contribution in [-0.4, -0.2) is 45.8 Å². The molecule has 2 heterocycles. The van der Waals surface area contributed by atoms with Crippen LogP contribution in [0.4, 0.5) is 0 Å². The molecule has 0 spiro atoms. The van der Waals surface area contributed by atoms with Crippen molar-refractivity contribution in [1.29, 1.82) is 0 Å². The first kappa shape index (κ1) is 16.4. The van der Waals surface area contributed by atoms with Crippen LogP contribution < -0.4 is 10.1 Å². The van der Waals surface area contributed by atoms with E-state index in [2.05, 4.69) is 10.1 Å². The van der Waals surface area contributed by atoms with Gasteiger partial charge in [-0.1, -0.05) is 13.8 Å². The molecular formula is C13H23N3O4S. The van der Waals surface area contributed by atoms with Crippen LogP contribution in [0.3, 0.4) is 0 Å². The van der Waals surface area contributed by atoms with Crippen molar-refractivity contribution >= 4 is 10.0 Å². The van der Waals surface area contributed by atoms with Crippen molar-refractivity contribution in [2.45, 2.75) is 38.3 Å². The molecule has 1 aromatic rings. The molecule has 1 aromatic heterocycles. The summed E-state index contributed by atoms with van der Waals surface area (Å²) in [5.41, 5.74) is 0. The highest BCUT2D eigenvalue weighted by molar-refractivity contribution is 7.89. The van der Waals surface area contributed by atoms with E-state index in [1.807, 2.05) is 13.8 Å². The second-order valence-corrected chi connectivity index (χ2v) is 6.99. The van der Waals surface area contributed by atoms with Gasteiger partial charge in [0.05, 0.1) is 19.8 Å². The quantitative estimate of drug-likeness (QED) is 0.800. The van der Waals surface area contributed by atoms with Crippen molar-refractivity contribution in [3.63, 3.8) is 0 Å². The van der Waals surface area contributed by atoms with Crippen LogP contribution in [0.25, 0.3) is 0 Å². The van der Waals surface area contributed by atoms with E-state index in [0.29, 0.717) is 50.4 Å². The number of aryl methyl sites for hydroxylation is 1. The molecule has 1 saturated heterocycles. The summed E-state index contributed by atoms with van der Waals surface area (Å²) in [4.78, 5) is 2.77. The fourth-order valence-electron chi connectivity index (χ4n) is 2.06. The first-order chi connectivity index (χ1) is 9.88. The predicted molar refractivity (Wildman–Crippen MR) is 78.1 cm³/mol. The Labute approximate surface area is 125 Å². The third-order valence-corrected chi connectivity index (χ3v) is 4.64. The van der Waals surface area contributed by atoms with Crippen LogP contribution in [0, 0.1) is 6.92 Å². The second-order valence-electron chi connectivity index (χ2n) is 5.36. The zero-order valence-electron chi connectivity index (χ0n) is 12.7. The summed E-state index contributed by atoms with van der Waals surface area (Å²) in [5, 5.41) is 4.85. The maximum atomic E-state index is 12.4. The van der Waals surface area contributed by atoms with Gasteiger partial charge in [0.2, 0.25) is 0 Å². The molecular weight excluding hydrogens is 294 g/mol. The number of sulfonamides is 1. The normalized spacial score (nSPS) is 17.5. The summed E-state index contributed by atoms with van der Waals surface area (Å²) in [6.07, 6.45) is 0. The van der Waals surface area contributed by atoms with E-state index in [9.17, 15) is 8.42 Å². The molecule has 0 aromatic carbocycles. The highest BCUT2D eigenvalue weighted by atomic mass is 32.2. The molecule has 21 heavy (non-hydrogen) atoms. The van der Waals surface area contributed by atoms with Crippen LogP contribution in [-0.2, 0) is 21.3 Å². The Hall–Kier alpha value is -0.930. The summed E-state index contributed by atoms with van der Waals surface area (Å²) in [7, 11) is -3.61. The monoisotopic (exact) mass is 317 g/mol. The molecule has 0 radical (unpaired) electrons. The van der Waals surface area contributed by atoms with E-state index in [1.54, 1.807) is 18.0 Å². The van der Waals surface area contributed by atoms with E-state index >= 15 is 0 Å². The van der Waals surface area contributed by atoms with Crippen LogP contribution in [0.15, 0.2) is 15.4 Å². The van der Waals surface area contributed by atoms with Gasteiger partial charge in [0.15, 0.2) is 0 Å². The molecule has 1 aliphatic heterocycles. The molecule has 0 unspecified atom stereocenters. The Bertz CT molecular complexity index is 562. The number of hydrazine groups is 1. The predicted octanol–water partition coefficient (Wildman–Crippen LogP) is 0.612. The van der Waals surface area contributed by atoms with E-state index in [1.165, 1.54) is 0 Å². The lowest BCUT2D eigenvalue weighted by Gasteiger charge is -2.26. The van der Waals surface area contributed by atoms with Gasteiger partial charge < -0.3 is 14.5 Å². The largest absolute Gasteiger partial charge is 0.464 e. The molecule has 1 fully saturated rings. The van der Waals surface area contributed by atoms with Crippen molar-refractivity contribution in [3.8, 4) is 0 Å². The van der Waals surface area contributed by atoms with Crippen LogP contribution in [0.5, 0.6) is 0 Å². The van der Waals surface area contributed by atoms with Crippen LogP contribution in [0.2, 0.25) is 0 Å². The van der Waals surface area contributed by atoms with Gasteiger partial charge in [-0.25, -0.2) is 13.4 Å². The van der Waals surface area contributed by atoms with Crippen molar-refractivity contribution in [1.82, 2.24) is 15.2 Å². The lowest BCUT2D eigenvalue weighted by atomic mass is 10.3. The van der Waals surface area contributed by atoms with Gasteiger partial charge in [-0.3, -0.25) is 0 Å². The minimum Gasteiger partial charge on any atom is -0.464 e. The fourth-order valence-corrected chi connectivity index (χ4v) is 3.38. The van der Waals surface area contributed by atoms with E-state index < -0.39 is 10.0 Å². The molecule has 8 heteroatoms. The third kappa shape index (κ3) is 4.52. The number of furan rings is 1. The Morgan fingerprint density at radius 1 is 1.33 bits per heavy atom. The first-order valence-corrected chi connectivity index (χ1v) is 8.54. The lowest BCUT2D eigenvalue weighted by molar-refractivity contribution is 0.0272. The summed E-state index contributed by atoms with van der Waals surface area (Å²) >= 11 is 0. The van der Waals surface area contributed by atoms with Gasteiger partial charge in [-0.2, -0.15) is 0 Å². The van der Waals surface area contributed by atoms with Gasteiger partial charge in [0, 0.05) is 25.2 Å². The summed E-state index contributed by atoms with van der Waals surface area (Å²) in [6.45, 7) is 8.34. The number of nitrogens with one attached hydrogen (secondary N) is 2. The number of hydrogen-bond donors (Lipinski definition) is 2. The number of rotatable bonds is 6. The number of ether oxygens (including phenoxy) is 1. The maximum Gasteiger partial charge on any atom is 0.256 e. The minimum absolute atomic E-state index is 0.189. The molecule has 2 rings (SSSR count). The lowest BCUT2D eigenvalue weighted by Crippen LogP contribution is -2.48. The van der Waals surface area contributed by atoms with Crippen molar-refractivity contribution in [3.05, 3.63) is 17.6 Å². The highest BCUT2D eigenvalue weighted by Crippen LogP contribution is 2.20. The molecule has 0 aliphatic carbocycles. The van der Waals surface area contributed by atoms with Gasteiger partial charge in [-0.15, -0.1) is 4.83 Å². The maximum absolute atomic E-state index is 12.4. The first-order valence-electron chi connectivity index (χ1n) is 7.06. The molecule has 7 nitrogen and oxygen atoms in total. The van der Waals surface area contributed by atoms with E-state index in [4.69, 9.17) is 9.15 Å². The van der Waals surface area contributed by atoms with Crippen molar-refractivity contribution in [2.75, 3.05) is 26.3 Å². The number of morpholine rings is 1. The summed E-state index contributed by atoms with van der Waals surface area (Å²) in [6, 6.07) is 1.88. The molecule has 0 amide bonds. The van der Waals surface area contributed by atoms with E-state index in [0.717, 1.165) is 0 Å². The second kappa shape index (κ2) is 6.89. The van der Waals surface area contributed by atoms with E-state index in [-0.39, 0.29) is 4.90 Å². The Balaban J connectivity index is 2.08. The molecule has 0 atom stereocenters. The Morgan fingerprint density at radius 2 is 2.00 bits per heavy atom. The Kier molecular flexibility index (Phi) is 5.39. The smallest absolute Gasteiger partial charge is 0.256 e. The highest BCUT2D eigenvalue weighted by Gasteiger charge is 2.24. The molecule has 2 N–H and O–H groups in total. The van der Waals surface area contributed by atoms with Crippen LogP contribution >= 0.6 is 0 Å². The fraction of sp³-hybridized carbons (Fsp3) is 0.692. The zero-order chi connectivity index (χ0) is 15.5. The SMILES string of the molecule is Cc1oc(CNC(C)C)cc1S(=O)(=O)NN1CCOCC1. The van der Waals surface area contributed by atoms with Gasteiger partial charge >= 0.3 is 0 Å². The molecule has 0 saturated carbocycles. The summed E-state index contributed by atoms with van der Waals surface area (Å²) in [5.74, 6) is 1.01. The Morgan fingerprint density at radius 3 is 2.62 bits per heavy atom.